The highest BCUT2D eigenvalue weighted by atomic mass is 16.3. The van der Waals surface area contributed by atoms with Crippen molar-refractivity contribution in [1.29, 1.82) is 0 Å². The molecule has 0 atom stereocenters. The molecular weight excluding hydrogens is 526 g/mol. The van der Waals surface area contributed by atoms with Crippen LogP contribution in [0.4, 0.5) is 0 Å². The second kappa shape index (κ2) is 10.5. The van der Waals surface area contributed by atoms with Gasteiger partial charge in [-0.05, 0) is 34.9 Å². The Hall–Kier alpha value is -5.87. The van der Waals surface area contributed by atoms with Gasteiger partial charge in [0.05, 0.1) is 13.7 Å². The summed E-state index contributed by atoms with van der Waals surface area (Å²) in [5.74, 6) is 0.205. The van der Waals surface area contributed by atoms with E-state index in [1.165, 1.54) is 0 Å². The molecule has 6 aromatic carbocycles. The SMILES string of the molecule is [2H]c1c([2H])c([2H])c(-c2nc(-c3ccccc3)nc(-c3cccc4oc5c(-c6c([2H])c([2H])c([2H])c([2H])c6[2H])cc(-c6ccccc6)cc5c34)n2)c([2H])c1[2H]. The summed E-state index contributed by atoms with van der Waals surface area (Å²) in [7, 11) is 0. The second-order valence-electron chi connectivity index (χ2n) is 9.72. The van der Waals surface area contributed by atoms with Crippen molar-refractivity contribution >= 4 is 21.9 Å². The first-order valence-electron chi connectivity index (χ1n) is 18.5. The molecular formula is C39H25N3O. The van der Waals surface area contributed by atoms with Crippen molar-refractivity contribution in [2.45, 2.75) is 0 Å². The zero-order chi connectivity index (χ0) is 37.3. The van der Waals surface area contributed by atoms with Crippen molar-refractivity contribution in [1.82, 2.24) is 15.0 Å². The highest BCUT2D eigenvalue weighted by Crippen LogP contribution is 2.42. The van der Waals surface area contributed by atoms with Gasteiger partial charge in [-0.3, -0.25) is 0 Å². The lowest BCUT2D eigenvalue weighted by atomic mass is 9.95. The fourth-order valence-electron chi connectivity index (χ4n) is 5.17. The smallest absolute Gasteiger partial charge is 0.164 e. The average molecular weight is 562 g/mol. The van der Waals surface area contributed by atoms with E-state index < -0.39 is 48.3 Å². The van der Waals surface area contributed by atoms with Gasteiger partial charge in [0, 0.05) is 33.0 Å². The van der Waals surface area contributed by atoms with E-state index in [1.54, 1.807) is 48.5 Å². The first-order valence-corrected chi connectivity index (χ1v) is 13.5. The molecule has 0 saturated carbocycles. The van der Waals surface area contributed by atoms with Gasteiger partial charge < -0.3 is 4.42 Å². The minimum atomic E-state index is -0.542. The highest BCUT2D eigenvalue weighted by Gasteiger charge is 2.20. The van der Waals surface area contributed by atoms with E-state index in [4.69, 9.17) is 28.1 Å². The number of fused-ring (bicyclic) bond motifs is 3. The van der Waals surface area contributed by atoms with E-state index in [9.17, 15) is 0 Å². The van der Waals surface area contributed by atoms with E-state index in [-0.39, 0.29) is 46.3 Å². The van der Waals surface area contributed by atoms with Crippen molar-refractivity contribution in [2.75, 3.05) is 0 Å². The molecule has 0 aliphatic rings. The Morgan fingerprint density at radius 3 is 1.77 bits per heavy atom. The number of hydrogen-bond donors (Lipinski definition) is 0. The van der Waals surface area contributed by atoms with E-state index in [0.29, 0.717) is 38.6 Å². The molecule has 0 fully saturated rings. The van der Waals surface area contributed by atoms with E-state index in [1.807, 2.05) is 42.5 Å². The number of hydrogen-bond acceptors (Lipinski definition) is 4. The maximum atomic E-state index is 8.81. The number of nitrogens with zero attached hydrogens (tertiary/aromatic N) is 3. The van der Waals surface area contributed by atoms with Gasteiger partial charge in [0.15, 0.2) is 17.5 Å². The van der Waals surface area contributed by atoms with Crippen LogP contribution >= 0.6 is 0 Å². The molecule has 2 aromatic heterocycles. The highest BCUT2D eigenvalue weighted by molar-refractivity contribution is 6.16. The monoisotopic (exact) mass is 561 g/mol. The zero-order valence-electron chi connectivity index (χ0n) is 32.4. The summed E-state index contributed by atoms with van der Waals surface area (Å²) >= 11 is 0. The molecule has 8 rings (SSSR count). The third-order valence-corrected chi connectivity index (χ3v) is 7.10. The predicted molar refractivity (Wildman–Crippen MR) is 174 cm³/mol. The molecule has 0 N–H and O–H groups in total. The van der Waals surface area contributed by atoms with Gasteiger partial charge in [-0.1, -0.05) is 133 Å². The Balaban J connectivity index is 1.48. The van der Waals surface area contributed by atoms with Crippen LogP contribution in [0.25, 0.3) is 78.4 Å². The molecule has 202 valence electrons. The van der Waals surface area contributed by atoms with Gasteiger partial charge in [-0.25, -0.2) is 15.0 Å². The van der Waals surface area contributed by atoms with Crippen molar-refractivity contribution < 1.29 is 18.1 Å². The Morgan fingerprint density at radius 2 is 1.07 bits per heavy atom. The molecule has 4 nitrogen and oxygen atoms in total. The maximum Gasteiger partial charge on any atom is 0.164 e. The summed E-state index contributed by atoms with van der Waals surface area (Å²) in [6, 6.07) is 22.6. The van der Waals surface area contributed by atoms with Crippen LogP contribution in [0.5, 0.6) is 0 Å². The van der Waals surface area contributed by atoms with Crippen LogP contribution in [-0.4, -0.2) is 15.0 Å². The fourth-order valence-corrected chi connectivity index (χ4v) is 5.17. The standard InChI is InChI=1S/C39H25N3O/c1-5-14-26(15-6-1)30-24-32(27-16-7-2-8-17-27)36-33(25-30)35-31(22-13-23-34(35)43-36)39-41-37(28-18-9-3-10-19-28)40-38(42-39)29-20-11-4-12-21-29/h1-25H/i2D,3D,7D,8D,9D,10D,16D,17D,18D,19D. The number of rotatable bonds is 5. The maximum absolute atomic E-state index is 8.81. The minimum absolute atomic E-state index is 0.0191. The van der Waals surface area contributed by atoms with Crippen LogP contribution in [0.3, 0.4) is 0 Å². The third kappa shape index (κ3) is 4.55. The Morgan fingerprint density at radius 1 is 0.465 bits per heavy atom. The van der Waals surface area contributed by atoms with Gasteiger partial charge in [0.1, 0.15) is 11.2 Å². The molecule has 0 aliphatic heterocycles. The van der Waals surface area contributed by atoms with Gasteiger partial charge in [0.2, 0.25) is 0 Å². The molecule has 0 radical (unpaired) electrons. The molecule has 4 heteroatoms. The Labute approximate surface area is 263 Å². The molecule has 2 heterocycles. The lowest BCUT2D eigenvalue weighted by molar-refractivity contribution is 0.670. The molecule has 0 unspecified atom stereocenters. The number of furan rings is 1. The van der Waals surface area contributed by atoms with Crippen molar-refractivity contribution in [3.63, 3.8) is 0 Å². The van der Waals surface area contributed by atoms with E-state index in [0.717, 1.165) is 5.56 Å². The first-order chi connectivity index (χ1) is 25.5. The van der Waals surface area contributed by atoms with Gasteiger partial charge >= 0.3 is 0 Å². The van der Waals surface area contributed by atoms with Crippen LogP contribution in [0.2, 0.25) is 0 Å². The van der Waals surface area contributed by atoms with E-state index in [2.05, 4.69) is 4.98 Å². The predicted octanol–water partition coefficient (Wildman–Crippen LogP) is 10.1. The Kier molecular flexibility index (Phi) is 4.04. The summed E-state index contributed by atoms with van der Waals surface area (Å²) in [5.41, 5.74) is 3.32. The van der Waals surface area contributed by atoms with Crippen LogP contribution in [0.1, 0.15) is 13.7 Å². The first kappa shape index (κ1) is 16.5. The summed E-state index contributed by atoms with van der Waals surface area (Å²) in [4.78, 5) is 14.2. The van der Waals surface area contributed by atoms with Gasteiger partial charge in [-0.2, -0.15) is 0 Å². The van der Waals surface area contributed by atoms with Crippen molar-refractivity contribution in [3.8, 4) is 56.4 Å². The zero-order valence-corrected chi connectivity index (χ0v) is 22.4. The van der Waals surface area contributed by atoms with E-state index >= 15 is 0 Å². The third-order valence-electron chi connectivity index (χ3n) is 7.10. The van der Waals surface area contributed by atoms with Crippen molar-refractivity contribution in [3.05, 3.63) is 151 Å². The molecule has 0 saturated heterocycles. The number of benzene rings is 6. The van der Waals surface area contributed by atoms with Gasteiger partial charge in [0.25, 0.3) is 0 Å². The van der Waals surface area contributed by atoms with Crippen LogP contribution in [0.15, 0.2) is 156 Å². The minimum Gasteiger partial charge on any atom is -0.455 e. The molecule has 0 amide bonds. The van der Waals surface area contributed by atoms with Crippen LogP contribution < -0.4 is 0 Å². The molecule has 0 aliphatic carbocycles. The summed E-state index contributed by atoms with van der Waals surface area (Å²) in [6.07, 6.45) is 0. The molecule has 0 bridgehead atoms. The Bertz CT molecular complexity index is 2730. The lowest BCUT2D eigenvalue weighted by Gasteiger charge is -2.10. The quantitative estimate of drug-likeness (QED) is 0.210. The lowest BCUT2D eigenvalue weighted by Crippen LogP contribution is -2.00. The van der Waals surface area contributed by atoms with Gasteiger partial charge in [-0.15, -0.1) is 0 Å². The number of aromatic nitrogens is 3. The van der Waals surface area contributed by atoms with Crippen molar-refractivity contribution in [2.24, 2.45) is 0 Å². The second-order valence-corrected chi connectivity index (χ2v) is 9.72. The molecule has 0 spiro atoms. The normalized spacial score (nSPS) is 14.5. The summed E-state index contributed by atoms with van der Waals surface area (Å²) in [5, 5.41) is 1.09. The van der Waals surface area contributed by atoms with Crippen LogP contribution in [-0.2, 0) is 0 Å². The van der Waals surface area contributed by atoms with Crippen LogP contribution in [0, 0.1) is 0 Å². The average Bonchev–Trinajstić information content (AvgIpc) is 3.57. The topological polar surface area (TPSA) is 51.8 Å². The molecule has 8 aromatic rings. The fraction of sp³-hybridized carbons (Fsp3) is 0. The molecule has 43 heavy (non-hydrogen) atoms. The largest absolute Gasteiger partial charge is 0.455 e. The summed E-state index contributed by atoms with van der Waals surface area (Å²) in [6.45, 7) is 0. The summed E-state index contributed by atoms with van der Waals surface area (Å²) < 4.78 is 91.1.